The van der Waals surface area contributed by atoms with Crippen molar-refractivity contribution in [1.82, 2.24) is 4.72 Å². The Morgan fingerprint density at radius 1 is 1.38 bits per heavy atom. The van der Waals surface area contributed by atoms with E-state index in [1.165, 1.54) is 6.08 Å². The quantitative estimate of drug-likeness (QED) is 0.754. The molecule has 0 saturated carbocycles. The van der Waals surface area contributed by atoms with Gasteiger partial charge in [0.1, 0.15) is 0 Å². The van der Waals surface area contributed by atoms with E-state index in [9.17, 15) is 17.4 Å². The summed E-state index contributed by atoms with van der Waals surface area (Å²) in [4.78, 5) is 0. The van der Waals surface area contributed by atoms with Crippen LogP contribution in [-0.2, 0) is 11.0 Å². The van der Waals surface area contributed by atoms with E-state index in [2.05, 4.69) is 11.3 Å². The molecule has 2 nitrogen and oxygen atoms in total. The van der Waals surface area contributed by atoms with Crippen LogP contribution in [0, 0.1) is 0 Å². The predicted octanol–water partition coefficient (Wildman–Crippen LogP) is 2.94. The van der Waals surface area contributed by atoms with Gasteiger partial charge >= 0.3 is 6.18 Å². The molecule has 0 aromatic heterocycles. The first-order valence-electron chi connectivity index (χ1n) is 4.92. The van der Waals surface area contributed by atoms with Crippen LogP contribution >= 0.6 is 0 Å². The van der Waals surface area contributed by atoms with Crippen molar-refractivity contribution in [2.24, 2.45) is 0 Å². The summed E-state index contributed by atoms with van der Waals surface area (Å²) in [6.45, 7) is 8.50. The second-order valence-electron chi connectivity index (χ2n) is 4.54. The van der Waals surface area contributed by atoms with Gasteiger partial charge in [-0.05, 0) is 27.2 Å². The summed E-state index contributed by atoms with van der Waals surface area (Å²) < 4.78 is 50.2. The lowest BCUT2D eigenvalue weighted by Crippen LogP contribution is -2.41. The zero-order valence-electron chi connectivity index (χ0n) is 9.73. The van der Waals surface area contributed by atoms with Gasteiger partial charge in [-0.3, -0.25) is 0 Å². The number of hydrogen-bond acceptors (Lipinski definition) is 1. The summed E-state index contributed by atoms with van der Waals surface area (Å²) >= 11 is 0. The topological polar surface area (TPSA) is 29.1 Å². The summed E-state index contributed by atoms with van der Waals surface area (Å²) in [7, 11) is -1.50. The minimum absolute atomic E-state index is 0.140. The Balaban J connectivity index is 4.46. The number of rotatable bonds is 5. The molecule has 0 bridgehead atoms. The van der Waals surface area contributed by atoms with Crippen LogP contribution in [0.2, 0.25) is 0 Å². The maximum atomic E-state index is 12.2. The lowest BCUT2D eigenvalue weighted by atomic mass is 10.1. The van der Waals surface area contributed by atoms with Crippen LogP contribution < -0.4 is 4.72 Å². The van der Waals surface area contributed by atoms with Gasteiger partial charge in [0.2, 0.25) is 0 Å². The highest BCUT2D eigenvalue weighted by atomic mass is 32.2. The van der Waals surface area contributed by atoms with Gasteiger partial charge in [0, 0.05) is 6.04 Å². The average molecular weight is 257 g/mol. The van der Waals surface area contributed by atoms with E-state index in [1.54, 1.807) is 20.8 Å². The molecule has 6 heteroatoms. The fourth-order valence-corrected chi connectivity index (χ4v) is 1.82. The summed E-state index contributed by atoms with van der Waals surface area (Å²) in [5.74, 6) is 0. The molecule has 0 aliphatic carbocycles. The smallest absolute Gasteiger partial charge is 0.242 e. The van der Waals surface area contributed by atoms with Crippen molar-refractivity contribution in [1.29, 1.82) is 0 Å². The third-order valence-corrected chi connectivity index (χ3v) is 3.42. The SMILES string of the molecule is C=CC[C@H](CC(F)(F)F)NS(=O)C(C)(C)C. The van der Waals surface area contributed by atoms with Crippen molar-refractivity contribution in [2.45, 2.75) is 50.6 Å². The lowest BCUT2D eigenvalue weighted by Gasteiger charge is -2.24. The summed E-state index contributed by atoms with van der Waals surface area (Å²) in [5, 5.41) is 0. The van der Waals surface area contributed by atoms with E-state index in [1.807, 2.05) is 0 Å². The van der Waals surface area contributed by atoms with E-state index in [0.29, 0.717) is 0 Å². The maximum Gasteiger partial charge on any atom is 0.390 e. The van der Waals surface area contributed by atoms with Crippen molar-refractivity contribution in [3.8, 4) is 0 Å². The van der Waals surface area contributed by atoms with Crippen LogP contribution in [0.4, 0.5) is 13.2 Å². The zero-order valence-corrected chi connectivity index (χ0v) is 10.5. The molecule has 1 N–H and O–H groups in total. The van der Waals surface area contributed by atoms with Gasteiger partial charge < -0.3 is 0 Å². The molecular weight excluding hydrogens is 239 g/mol. The fourth-order valence-electron chi connectivity index (χ4n) is 0.982. The molecule has 0 aliphatic heterocycles. The van der Waals surface area contributed by atoms with Crippen molar-refractivity contribution < 1.29 is 17.4 Å². The molecule has 96 valence electrons. The van der Waals surface area contributed by atoms with Crippen molar-refractivity contribution in [2.75, 3.05) is 0 Å². The van der Waals surface area contributed by atoms with Gasteiger partial charge in [-0.2, -0.15) is 13.2 Å². The molecule has 0 heterocycles. The van der Waals surface area contributed by atoms with E-state index in [-0.39, 0.29) is 6.42 Å². The minimum Gasteiger partial charge on any atom is -0.242 e. The number of halogens is 3. The fraction of sp³-hybridized carbons (Fsp3) is 0.800. The molecule has 0 amide bonds. The second-order valence-corrected chi connectivity index (χ2v) is 6.54. The van der Waals surface area contributed by atoms with Crippen LogP contribution in [0.3, 0.4) is 0 Å². The Kier molecular flexibility index (Phi) is 5.69. The predicted molar refractivity (Wildman–Crippen MR) is 60.3 cm³/mol. The monoisotopic (exact) mass is 257 g/mol. The van der Waals surface area contributed by atoms with Crippen LogP contribution in [0.5, 0.6) is 0 Å². The first kappa shape index (κ1) is 15.6. The van der Waals surface area contributed by atoms with Crippen LogP contribution in [0.25, 0.3) is 0 Å². The maximum absolute atomic E-state index is 12.2. The van der Waals surface area contributed by atoms with Crippen LogP contribution in [0.1, 0.15) is 33.6 Å². The van der Waals surface area contributed by atoms with Gasteiger partial charge in [-0.25, -0.2) is 8.93 Å². The molecule has 0 spiro atoms. The molecule has 0 aliphatic rings. The second kappa shape index (κ2) is 5.82. The largest absolute Gasteiger partial charge is 0.390 e. The van der Waals surface area contributed by atoms with Crippen LogP contribution in [0.15, 0.2) is 12.7 Å². The van der Waals surface area contributed by atoms with Crippen molar-refractivity contribution in [3.63, 3.8) is 0 Å². The first-order valence-corrected chi connectivity index (χ1v) is 6.07. The molecule has 2 atom stereocenters. The van der Waals surface area contributed by atoms with E-state index < -0.39 is 34.4 Å². The molecule has 0 saturated heterocycles. The molecular formula is C10H18F3NOS. The van der Waals surface area contributed by atoms with Gasteiger partial charge in [0.25, 0.3) is 0 Å². The lowest BCUT2D eigenvalue weighted by molar-refractivity contribution is -0.138. The molecule has 0 fully saturated rings. The molecule has 0 aromatic rings. The third-order valence-electron chi connectivity index (χ3n) is 1.76. The zero-order chi connectivity index (χ0) is 13.0. The first-order chi connectivity index (χ1) is 7.06. The van der Waals surface area contributed by atoms with Gasteiger partial charge in [0.05, 0.1) is 22.2 Å². The van der Waals surface area contributed by atoms with E-state index >= 15 is 0 Å². The third kappa shape index (κ3) is 7.00. The Bertz CT molecular complexity index is 258. The summed E-state index contributed by atoms with van der Waals surface area (Å²) in [6.07, 6.45) is -3.73. The molecule has 0 aromatic carbocycles. The summed E-state index contributed by atoms with van der Waals surface area (Å²) in [6, 6.07) is -0.877. The Hall–Kier alpha value is -0.360. The highest BCUT2D eigenvalue weighted by Crippen LogP contribution is 2.23. The molecule has 1 unspecified atom stereocenters. The summed E-state index contributed by atoms with van der Waals surface area (Å²) in [5.41, 5.74) is 0. The number of hydrogen-bond donors (Lipinski definition) is 1. The average Bonchev–Trinajstić information content (AvgIpc) is 1.99. The van der Waals surface area contributed by atoms with Crippen molar-refractivity contribution >= 4 is 11.0 Å². The minimum atomic E-state index is -4.26. The van der Waals surface area contributed by atoms with Crippen molar-refractivity contribution in [3.05, 3.63) is 12.7 Å². The Labute approximate surface area is 96.9 Å². The highest BCUT2D eigenvalue weighted by Gasteiger charge is 2.33. The molecule has 0 radical (unpaired) electrons. The van der Waals surface area contributed by atoms with Crippen LogP contribution in [-0.4, -0.2) is 21.2 Å². The Morgan fingerprint density at radius 3 is 2.19 bits per heavy atom. The van der Waals surface area contributed by atoms with Gasteiger partial charge in [0.15, 0.2) is 0 Å². The molecule has 16 heavy (non-hydrogen) atoms. The Morgan fingerprint density at radius 2 is 1.88 bits per heavy atom. The highest BCUT2D eigenvalue weighted by molar-refractivity contribution is 7.84. The molecule has 0 rings (SSSR count). The number of nitrogens with one attached hydrogen (secondary N) is 1. The number of alkyl halides is 3. The van der Waals surface area contributed by atoms with E-state index in [4.69, 9.17) is 0 Å². The van der Waals surface area contributed by atoms with E-state index in [0.717, 1.165) is 0 Å². The standard InChI is InChI=1S/C10H18F3NOS/c1-5-6-8(7-10(11,12)13)14-16(15)9(2,3)4/h5,8,14H,1,6-7H2,2-4H3/t8-,16?/m1/s1. The van der Waals surface area contributed by atoms with Gasteiger partial charge in [-0.15, -0.1) is 6.58 Å². The normalized spacial score (nSPS) is 16.9. The van der Waals surface area contributed by atoms with Gasteiger partial charge in [-0.1, -0.05) is 6.08 Å².